The largest absolute Gasteiger partial charge is 0.266 e. The van der Waals surface area contributed by atoms with Crippen LogP contribution in [0.3, 0.4) is 0 Å². The van der Waals surface area contributed by atoms with E-state index in [1.165, 1.54) is 16.6 Å². The lowest BCUT2D eigenvalue weighted by molar-refractivity contribution is 0.433. The van der Waals surface area contributed by atoms with Gasteiger partial charge in [-0.25, -0.2) is 8.42 Å². The van der Waals surface area contributed by atoms with Crippen LogP contribution in [0, 0.1) is 0 Å². The first kappa shape index (κ1) is 10.4. The molecule has 0 radical (unpaired) electrons. The minimum atomic E-state index is -3.41. The first-order valence-electron chi connectivity index (χ1n) is 4.78. The zero-order chi connectivity index (χ0) is 10.9. The molecule has 15 heavy (non-hydrogen) atoms. The van der Waals surface area contributed by atoms with E-state index in [0.29, 0.717) is 6.54 Å². The van der Waals surface area contributed by atoms with Gasteiger partial charge in [-0.05, 0) is 18.9 Å². The van der Waals surface area contributed by atoms with Crippen LogP contribution in [0.15, 0.2) is 29.9 Å². The van der Waals surface area contributed by atoms with E-state index in [0.717, 1.165) is 12.8 Å². The van der Waals surface area contributed by atoms with Gasteiger partial charge in [0.05, 0.1) is 6.20 Å². The van der Waals surface area contributed by atoms with Crippen molar-refractivity contribution in [1.29, 1.82) is 0 Å². The Morgan fingerprint density at radius 3 is 2.87 bits per heavy atom. The molecule has 1 N–H and O–H groups in total. The predicted octanol–water partition coefficient (Wildman–Crippen LogP) is 0.749. The fourth-order valence-corrected chi connectivity index (χ4v) is 3.00. The summed E-state index contributed by atoms with van der Waals surface area (Å²) >= 11 is 0. The average molecular weight is 227 g/mol. The lowest BCUT2D eigenvalue weighted by Crippen LogP contribution is -2.33. The topological polar surface area (TPSA) is 66.1 Å². The molecular weight excluding hydrogens is 214 g/mol. The van der Waals surface area contributed by atoms with E-state index in [1.54, 1.807) is 6.08 Å². The van der Waals surface area contributed by atoms with E-state index in [4.69, 9.17) is 0 Å². The number of hydrogen-bond acceptors (Lipinski definition) is 3. The van der Waals surface area contributed by atoms with Crippen LogP contribution in [0.25, 0.3) is 0 Å². The van der Waals surface area contributed by atoms with Crippen LogP contribution in [0.1, 0.15) is 12.8 Å². The van der Waals surface area contributed by atoms with Gasteiger partial charge in [-0.2, -0.15) is 9.40 Å². The van der Waals surface area contributed by atoms with Crippen LogP contribution in [0.5, 0.6) is 0 Å². The summed E-state index contributed by atoms with van der Waals surface area (Å²) in [4.78, 5) is 0. The maximum absolute atomic E-state index is 12.1. The molecule has 1 aliphatic carbocycles. The van der Waals surface area contributed by atoms with E-state index in [9.17, 15) is 8.42 Å². The van der Waals surface area contributed by atoms with Crippen LogP contribution >= 0.6 is 0 Å². The summed E-state index contributed by atoms with van der Waals surface area (Å²) in [5.74, 6) is 0. The lowest BCUT2D eigenvalue weighted by atomic mass is 10.6. The van der Waals surface area contributed by atoms with Crippen molar-refractivity contribution in [3.8, 4) is 0 Å². The van der Waals surface area contributed by atoms with Crippen molar-refractivity contribution in [3.05, 3.63) is 24.9 Å². The van der Waals surface area contributed by atoms with Crippen molar-refractivity contribution in [3.63, 3.8) is 0 Å². The summed E-state index contributed by atoms with van der Waals surface area (Å²) in [6.07, 6.45) is 4.90. The molecule has 82 valence electrons. The summed E-state index contributed by atoms with van der Waals surface area (Å²) < 4.78 is 25.6. The Labute approximate surface area is 88.8 Å². The molecule has 2 rings (SSSR count). The molecule has 0 unspecified atom stereocenters. The average Bonchev–Trinajstić information content (AvgIpc) is 2.86. The highest BCUT2D eigenvalue weighted by molar-refractivity contribution is 7.89. The lowest BCUT2D eigenvalue weighted by Gasteiger charge is -2.18. The molecule has 0 aromatic carbocycles. The quantitative estimate of drug-likeness (QED) is 0.755. The van der Waals surface area contributed by atoms with Gasteiger partial charge in [0.1, 0.15) is 0 Å². The van der Waals surface area contributed by atoms with Gasteiger partial charge < -0.3 is 0 Å². The third-order valence-electron chi connectivity index (χ3n) is 2.33. The number of sulfonamides is 1. The van der Waals surface area contributed by atoms with Crippen molar-refractivity contribution in [1.82, 2.24) is 14.5 Å². The molecule has 0 amide bonds. The zero-order valence-electron chi connectivity index (χ0n) is 8.26. The minimum absolute atomic E-state index is 0.135. The SMILES string of the molecule is C=CCN(C1CC1)S(=O)(=O)c1ccn[nH]1. The van der Waals surface area contributed by atoms with Gasteiger partial charge >= 0.3 is 0 Å². The van der Waals surface area contributed by atoms with Crippen molar-refractivity contribution in [2.24, 2.45) is 0 Å². The van der Waals surface area contributed by atoms with Crippen molar-refractivity contribution >= 4 is 10.0 Å². The van der Waals surface area contributed by atoms with E-state index in [2.05, 4.69) is 16.8 Å². The van der Waals surface area contributed by atoms with Crippen molar-refractivity contribution in [2.45, 2.75) is 23.9 Å². The first-order valence-corrected chi connectivity index (χ1v) is 6.22. The van der Waals surface area contributed by atoms with Gasteiger partial charge in [0, 0.05) is 12.6 Å². The second-order valence-corrected chi connectivity index (χ2v) is 5.37. The third-order valence-corrected chi connectivity index (χ3v) is 4.17. The van der Waals surface area contributed by atoms with Crippen LogP contribution in [-0.2, 0) is 10.0 Å². The van der Waals surface area contributed by atoms with Crippen LogP contribution in [-0.4, -0.2) is 35.5 Å². The number of hydrogen-bond donors (Lipinski definition) is 1. The number of aromatic nitrogens is 2. The first-order chi connectivity index (χ1) is 7.16. The van der Waals surface area contributed by atoms with Gasteiger partial charge in [-0.1, -0.05) is 6.08 Å². The van der Waals surface area contributed by atoms with E-state index in [-0.39, 0.29) is 11.1 Å². The Morgan fingerprint density at radius 1 is 1.67 bits per heavy atom. The molecule has 0 aliphatic heterocycles. The number of H-pyrrole nitrogens is 1. The molecule has 0 atom stereocenters. The normalized spacial score (nSPS) is 16.9. The number of rotatable bonds is 5. The Kier molecular flexibility index (Phi) is 2.62. The maximum Gasteiger partial charge on any atom is 0.260 e. The summed E-state index contributed by atoms with van der Waals surface area (Å²) in [7, 11) is -3.41. The monoisotopic (exact) mass is 227 g/mol. The fourth-order valence-electron chi connectivity index (χ4n) is 1.45. The highest BCUT2D eigenvalue weighted by Crippen LogP contribution is 2.31. The summed E-state index contributed by atoms with van der Waals surface area (Å²) in [6.45, 7) is 3.93. The van der Waals surface area contributed by atoms with E-state index in [1.807, 2.05) is 0 Å². The second-order valence-electron chi connectivity index (χ2n) is 3.52. The zero-order valence-corrected chi connectivity index (χ0v) is 9.07. The molecule has 0 saturated heterocycles. The fraction of sp³-hybridized carbons (Fsp3) is 0.444. The van der Waals surface area contributed by atoms with Crippen LogP contribution in [0.2, 0.25) is 0 Å². The molecule has 1 saturated carbocycles. The van der Waals surface area contributed by atoms with Crippen LogP contribution in [0.4, 0.5) is 0 Å². The highest BCUT2D eigenvalue weighted by atomic mass is 32.2. The molecule has 1 fully saturated rings. The van der Waals surface area contributed by atoms with Gasteiger partial charge in [0.15, 0.2) is 5.03 Å². The molecule has 0 bridgehead atoms. The van der Waals surface area contributed by atoms with Gasteiger partial charge in [0.25, 0.3) is 10.0 Å². The van der Waals surface area contributed by atoms with Gasteiger partial charge in [-0.3, -0.25) is 5.10 Å². The van der Waals surface area contributed by atoms with Gasteiger partial charge in [0.2, 0.25) is 0 Å². The maximum atomic E-state index is 12.1. The van der Waals surface area contributed by atoms with Crippen molar-refractivity contribution < 1.29 is 8.42 Å². The minimum Gasteiger partial charge on any atom is -0.266 e. The predicted molar refractivity (Wildman–Crippen MR) is 55.7 cm³/mol. The molecule has 1 heterocycles. The number of nitrogens with one attached hydrogen (secondary N) is 1. The molecule has 5 nitrogen and oxygen atoms in total. The molecule has 1 aromatic rings. The second kappa shape index (κ2) is 3.79. The molecule has 1 aliphatic rings. The molecule has 6 heteroatoms. The van der Waals surface area contributed by atoms with E-state index >= 15 is 0 Å². The molecule has 0 spiro atoms. The van der Waals surface area contributed by atoms with Gasteiger partial charge in [-0.15, -0.1) is 6.58 Å². The smallest absolute Gasteiger partial charge is 0.260 e. The standard InChI is InChI=1S/C9H13N3O2S/c1-2-7-12(8-3-4-8)15(13,14)9-5-6-10-11-9/h2,5-6,8H,1,3-4,7H2,(H,10,11). The van der Waals surface area contributed by atoms with E-state index < -0.39 is 10.0 Å². The van der Waals surface area contributed by atoms with Crippen molar-refractivity contribution in [2.75, 3.05) is 6.54 Å². The Hall–Kier alpha value is -1.14. The molecule has 1 aromatic heterocycles. The summed E-state index contributed by atoms with van der Waals surface area (Å²) in [5.41, 5.74) is 0. The number of nitrogens with zero attached hydrogens (tertiary/aromatic N) is 2. The summed E-state index contributed by atoms with van der Waals surface area (Å²) in [5, 5.41) is 6.29. The summed E-state index contributed by atoms with van der Waals surface area (Å²) in [6, 6.07) is 1.60. The Balaban J connectivity index is 2.29. The van der Waals surface area contributed by atoms with Crippen LogP contribution < -0.4 is 0 Å². The molecular formula is C9H13N3O2S. The highest BCUT2D eigenvalue weighted by Gasteiger charge is 2.37. The Bertz CT molecular complexity index is 434. The number of aromatic amines is 1. The third kappa shape index (κ3) is 1.95. The Morgan fingerprint density at radius 2 is 2.40 bits per heavy atom.